The zero-order valence-electron chi connectivity index (χ0n) is 14.9. The lowest BCUT2D eigenvalue weighted by molar-refractivity contribution is -0.137. The van der Waals surface area contributed by atoms with E-state index in [9.17, 15) is 18.0 Å². The van der Waals surface area contributed by atoms with Crippen molar-refractivity contribution >= 4 is 5.91 Å². The van der Waals surface area contributed by atoms with Crippen molar-refractivity contribution in [2.24, 2.45) is 0 Å². The minimum Gasteiger partial charge on any atom is -0.351 e. The van der Waals surface area contributed by atoms with Crippen LogP contribution in [0.2, 0.25) is 0 Å². The van der Waals surface area contributed by atoms with Crippen molar-refractivity contribution in [2.75, 3.05) is 19.6 Å². The number of nitrogens with zero attached hydrogens (tertiary/aromatic N) is 3. The summed E-state index contributed by atoms with van der Waals surface area (Å²) in [5.74, 6) is -0.116. The van der Waals surface area contributed by atoms with Gasteiger partial charge in [0.05, 0.1) is 23.0 Å². The SMILES string of the molecule is CCNCCNC(=O)c1cnn(-c2ccc(C(F)(F)F)cn2)c1C(C)C. The highest BCUT2D eigenvalue weighted by Gasteiger charge is 2.31. The van der Waals surface area contributed by atoms with Crippen LogP contribution in [0.25, 0.3) is 5.82 Å². The number of amides is 1. The smallest absolute Gasteiger partial charge is 0.351 e. The first-order valence-electron chi connectivity index (χ1n) is 8.36. The summed E-state index contributed by atoms with van der Waals surface area (Å²) >= 11 is 0. The highest BCUT2D eigenvalue weighted by atomic mass is 19.4. The zero-order chi connectivity index (χ0) is 19.3. The summed E-state index contributed by atoms with van der Waals surface area (Å²) in [4.78, 5) is 16.3. The van der Waals surface area contributed by atoms with Gasteiger partial charge in [0.25, 0.3) is 5.91 Å². The number of hydrogen-bond donors (Lipinski definition) is 2. The Morgan fingerprint density at radius 3 is 2.50 bits per heavy atom. The Bertz CT molecular complexity index is 738. The van der Waals surface area contributed by atoms with E-state index in [4.69, 9.17) is 0 Å². The van der Waals surface area contributed by atoms with E-state index in [2.05, 4.69) is 20.7 Å². The number of nitrogens with one attached hydrogen (secondary N) is 2. The third kappa shape index (κ3) is 4.60. The lowest BCUT2D eigenvalue weighted by Crippen LogP contribution is -2.32. The van der Waals surface area contributed by atoms with Gasteiger partial charge < -0.3 is 10.6 Å². The molecule has 2 aromatic heterocycles. The quantitative estimate of drug-likeness (QED) is 0.736. The molecule has 2 rings (SSSR count). The third-order valence-corrected chi connectivity index (χ3v) is 3.73. The van der Waals surface area contributed by atoms with Crippen LogP contribution < -0.4 is 10.6 Å². The topological polar surface area (TPSA) is 71.8 Å². The van der Waals surface area contributed by atoms with Gasteiger partial charge in [-0.05, 0) is 24.6 Å². The van der Waals surface area contributed by atoms with E-state index in [-0.39, 0.29) is 17.6 Å². The van der Waals surface area contributed by atoms with Gasteiger partial charge >= 0.3 is 6.18 Å². The number of halogens is 3. The first kappa shape index (κ1) is 19.9. The monoisotopic (exact) mass is 369 g/mol. The van der Waals surface area contributed by atoms with Crippen molar-refractivity contribution in [3.05, 3.63) is 41.3 Å². The van der Waals surface area contributed by atoms with Crippen LogP contribution in [0.3, 0.4) is 0 Å². The summed E-state index contributed by atoms with van der Waals surface area (Å²) in [6, 6.07) is 2.19. The molecule has 0 radical (unpaired) electrons. The molecule has 2 aromatic rings. The van der Waals surface area contributed by atoms with Gasteiger partial charge in [0.2, 0.25) is 0 Å². The third-order valence-electron chi connectivity index (χ3n) is 3.73. The molecule has 6 nitrogen and oxygen atoms in total. The van der Waals surface area contributed by atoms with E-state index in [1.807, 2.05) is 20.8 Å². The van der Waals surface area contributed by atoms with Crippen molar-refractivity contribution in [2.45, 2.75) is 32.9 Å². The number of carbonyl (C=O) groups is 1. The highest BCUT2D eigenvalue weighted by Crippen LogP contribution is 2.29. The number of hydrogen-bond acceptors (Lipinski definition) is 4. The molecule has 0 aromatic carbocycles. The Hall–Kier alpha value is -2.42. The van der Waals surface area contributed by atoms with Crippen LogP contribution in [0.5, 0.6) is 0 Å². The molecule has 2 heterocycles. The van der Waals surface area contributed by atoms with Crippen LogP contribution in [0.1, 0.15) is 48.3 Å². The number of aromatic nitrogens is 3. The van der Waals surface area contributed by atoms with Gasteiger partial charge in [-0.25, -0.2) is 9.67 Å². The summed E-state index contributed by atoms with van der Waals surface area (Å²) in [6.07, 6.45) is -2.28. The molecule has 0 atom stereocenters. The predicted octanol–water partition coefficient (Wildman–Crippen LogP) is 2.75. The van der Waals surface area contributed by atoms with E-state index >= 15 is 0 Å². The van der Waals surface area contributed by atoms with E-state index in [1.165, 1.54) is 16.9 Å². The normalized spacial score (nSPS) is 11.8. The van der Waals surface area contributed by atoms with Crippen LogP contribution in [-0.4, -0.2) is 40.3 Å². The fourth-order valence-corrected chi connectivity index (χ4v) is 2.49. The maximum atomic E-state index is 12.7. The molecule has 0 spiro atoms. The molecular weight excluding hydrogens is 347 g/mol. The van der Waals surface area contributed by atoms with Gasteiger partial charge in [-0.2, -0.15) is 18.3 Å². The Balaban J connectivity index is 2.27. The molecule has 2 N–H and O–H groups in total. The first-order valence-corrected chi connectivity index (χ1v) is 8.36. The van der Waals surface area contributed by atoms with Crippen LogP contribution >= 0.6 is 0 Å². The molecular formula is C17H22F3N5O. The second-order valence-corrected chi connectivity index (χ2v) is 6.02. The maximum Gasteiger partial charge on any atom is 0.417 e. The fourth-order valence-electron chi connectivity index (χ4n) is 2.49. The largest absolute Gasteiger partial charge is 0.417 e. The Kier molecular flexibility index (Phi) is 6.36. The van der Waals surface area contributed by atoms with Crippen molar-refractivity contribution < 1.29 is 18.0 Å². The Morgan fingerprint density at radius 2 is 1.96 bits per heavy atom. The van der Waals surface area contributed by atoms with Crippen molar-refractivity contribution in [3.63, 3.8) is 0 Å². The van der Waals surface area contributed by atoms with Crippen LogP contribution in [0.15, 0.2) is 24.5 Å². The molecule has 0 aliphatic rings. The molecule has 26 heavy (non-hydrogen) atoms. The molecule has 1 amide bonds. The lowest BCUT2D eigenvalue weighted by atomic mass is 10.1. The molecule has 0 saturated heterocycles. The second-order valence-electron chi connectivity index (χ2n) is 6.02. The number of carbonyl (C=O) groups excluding carboxylic acids is 1. The van der Waals surface area contributed by atoms with E-state index in [1.54, 1.807) is 0 Å². The van der Waals surface area contributed by atoms with Crippen LogP contribution in [0.4, 0.5) is 13.2 Å². The molecule has 0 aliphatic carbocycles. The average molecular weight is 369 g/mol. The first-order chi connectivity index (χ1) is 12.3. The lowest BCUT2D eigenvalue weighted by Gasteiger charge is -2.13. The molecule has 0 aliphatic heterocycles. The summed E-state index contributed by atoms with van der Waals surface area (Å²) in [5, 5.41) is 10.1. The minimum absolute atomic E-state index is 0.0730. The Morgan fingerprint density at radius 1 is 1.23 bits per heavy atom. The van der Waals surface area contributed by atoms with E-state index in [0.717, 1.165) is 18.8 Å². The number of alkyl halides is 3. The number of pyridine rings is 1. The average Bonchev–Trinajstić information content (AvgIpc) is 3.03. The van der Waals surface area contributed by atoms with Gasteiger partial charge in [-0.1, -0.05) is 20.8 Å². The standard InChI is InChI=1S/C17H22F3N5O/c1-4-21-7-8-22-16(26)13-10-24-25(15(13)11(2)3)14-6-5-12(9-23-14)17(18,19)20/h5-6,9-11,21H,4,7-8H2,1-3H3,(H,22,26). The van der Waals surface area contributed by atoms with Gasteiger partial charge in [-0.3, -0.25) is 4.79 Å². The van der Waals surface area contributed by atoms with Gasteiger partial charge in [0.15, 0.2) is 5.82 Å². The molecule has 9 heteroatoms. The second kappa shape index (κ2) is 8.31. The molecule has 0 fully saturated rings. The zero-order valence-corrected chi connectivity index (χ0v) is 14.9. The van der Waals surface area contributed by atoms with Crippen molar-refractivity contribution in [3.8, 4) is 5.82 Å². The summed E-state index contributed by atoms with van der Waals surface area (Å²) < 4.78 is 39.5. The van der Waals surface area contributed by atoms with Gasteiger partial charge in [0, 0.05) is 19.3 Å². The molecule has 0 unspecified atom stereocenters. The van der Waals surface area contributed by atoms with E-state index in [0.29, 0.717) is 24.3 Å². The summed E-state index contributed by atoms with van der Waals surface area (Å²) in [5.41, 5.74) is 0.150. The highest BCUT2D eigenvalue weighted by molar-refractivity contribution is 5.95. The number of rotatable bonds is 7. The number of likely N-dealkylation sites (N-methyl/N-ethyl adjacent to an activating group) is 1. The predicted molar refractivity (Wildman–Crippen MR) is 91.3 cm³/mol. The molecule has 0 saturated carbocycles. The minimum atomic E-state index is -4.45. The molecule has 142 valence electrons. The van der Waals surface area contributed by atoms with Crippen LogP contribution in [0, 0.1) is 0 Å². The van der Waals surface area contributed by atoms with Gasteiger partial charge in [0.1, 0.15) is 0 Å². The summed E-state index contributed by atoms with van der Waals surface area (Å²) in [7, 11) is 0. The van der Waals surface area contributed by atoms with Crippen molar-refractivity contribution in [1.82, 2.24) is 25.4 Å². The Labute approximate surface area is 149 Å². The fraction of sp³-hybridized carbons (Fsp3) is 0.471. The molecule has 0 bridgehead atoms. The van der Waals surface area contributed by atoms with Gasteiger partial charge in [-0.15, -0.1) is 0 Å². The van der Waals surface area contributed by atoms with Crippen LogP contribution in [-0.2, 0) is 6.18 Å². The maximum absolute atomic E-state index is 12.7. The summed E-state index contributed by atoms with van der Waals surface area (Å²) in [6.45, 7) is 7.66. The van der Waals surface area contributed by atoms with Crippen molar-refractivity contribution in [1.29, 1.82) is 0 Å². The van der Waals surface area contributed by atoms with E-state index < -0.39 is 11.7 Å².